The van der Waals surface area contributed by atoms with Crippen molar-refractivity contribution in [2.24, 2.45) is 0 Å². The molecule has 1 aliphatic heterocycles. The third kappa shape index (κ3) is 2.71. The average molecular weight is 409 g/mol. The number of carbonyl (C=O) groups excluding carboxylic acids is 1. The first-order valence-corrected chi connectivity index (χ1v) is 11.2. The second kappa shape index (κ2) is 6.92. The summed E-state index contributed by atoms with van der Waals surface area (Å²) in [6, 6.07) is 22.8. The number of hydrogen-bond acceptors (Lipinski definition) is 4. The zero-order chi connectivity index (χ0) is 20.1. The van der Waals surface area contributed by atoms with Crippen LogP contribution in [0.3, 0.4) is 0 Å². The maximum Gasteiger partial charge on any atom is 0.162 e. The molecule has 4 heteroatoms. The molecule has 0 saturated heterocycles. The molecule has 146 valence electrons. The van der Waals surface area contributed by atoms with E-state index < -0.39 is 0 Å². The van der Waals surface area contributed by atoms with Gasteiger partial charge < -0.3 is 5.32 Å². The zero-order valence-electron chi connectivity index (χ0n) is 16.3. The summed E-state index contributed by atoms with van der Waals surface area (Å²) in [5.41, 5.74) is 6.57. The number of fused-ring (bicyclic) bond motifs is 4. The Bertz CT molecular complexity index is 1290. The van der Waals surface area contributed by atoms with Gasteiger partial charge in [-0.15, -0.1) is 11.3 Å². The van der Waals surface area contributed by atoms with E-state index in [9.17, 15) is 4.79 Å². The predicted octanol–water partition coefficient (Wildman–Crippen LogP) is 6.36. The van der Waals surface area contributed by atoms with Gasteiger partial charge in [-0.25, -0.2) is 0 Å². The lowest BCUT2D eigenvalue weighted by Crippen LogP contribution is -2.29. The second-order valence-corrected chi connectivity index (χ2v) is 8.96. The molecule has 0 bridgehead atoms. The number of benzene rings is 2. The highest BCUT2D eigenvalue weighted by Gasteiger charge is 2.38. The lowest BCUT2D eigenvalue weighted by molar-refractivity contribution is -0.116. The minimum atomic E-state index is -0.0779. The minimum Gasteiger partial charge on any atom is -0.373 e. The van der Waals surface area contributed by atoms with Crippen molar-refractivity contribution in [3.05, 3.63) is 99.9 Å². The van der Waals surface area contributed by atoms with Gasteiger partial charge in [-0.05, 0) is 53.1 Å². The van der Waals surface area contributed by atoms with Crippen LogP contribution >= 0.6 is 11.3 Å². The van der Waals surface area contributed by atoms with Gasteiger partial charge in [0.1, 0.15) is 0 Å². The maximum atomic E-state index is 13.6. The first kappa shape index (κ1) is 17.6. The quantitative estimate of drug-likeness (QED) is 0.419. The van der Waals surface area contributed by atoms with Gasteiger partial charge in [0, 0.05) is 39.7 Å². The molecular weight excluding hydrogens is 388 g/mol. The summed E-state index contributed by atoms with van der Waals surface area (Å²) in [5.74, 6) is 0.460. The smallest absolute Gasteiger partial charge is 0.162 e. The van der Waals surface area contributed by atoms with Crippen LogP contribution in [0.2, 0.25) is 0 Å². The molecule has 30 heavy (non-hydrogen) atoms. The molecular formula is C26H20N2OS. The standard InChI is InChI=1S/C26H20N2OS/c29-22-15-17(16-6-2-1-3-7-16)14-19-24-18-8-4-12-27-20(18)10-11-21(24)28-26(25(19)22)23-9-5-13-30-23/h1-13,17,26,28H,14-15H2/t17-,26+/m1/s1. The number of rotatable bonds is 2. The number of thiophene rings is 1. The molecule has 3 nitrogen and oxygen atoms in total. The molecule has 2 aromatic heterocycles. The molecule has 3 heterocycles. The number of hydrogen-bond donors (Lipinski definition) is 1. The zero-order valence-corrected chi connectivity index (χ0v) is 17.2. The summed E-state index contributed by atoms with van der Waals surface area (Å²) >= 11 is 1.70. The molecule has 2 atom stereocenters. The van der Waals surface area contributed by atoms with Crippen molar-refractivity contribution in [2.75, 3.05) is 5.32 Å². The highest BCUT2D eigenvalue weighted by molar-refractivity contribution is 7.10. The van der Waals surface area contributed by atoms with E-state index in [0.29, 0.717) is 6.42 Å². The van der Waals surface area contributed by atoms with Crippen molar-refractivity contribution in [1.82, 2.24) is 4.98 Å². The van der Waals surface area contributed by atoms with Gasteiger partial charge in [0.2, 0.25) is 0 Å². The summed E-state index contributed by atoms with van der Waals surface area (Å²) in [7, 11) is 0. The Morgan fingerprint density at radius 2 is 1.83 bits per heavy atom. The van der Waals surface area contributed by atoms with Gasteiger partial charge >= 0.3 is 0 Å². The number of Topliss-reactive ketones (excluding diaryl/α,β-unsaturated/α-hetero) is 1. The number of ketones is 1. The normalized spacial score (nSPS) is 20.6. The second-order valence-electron chi connectivity index (χ2n) is 7.98. The topological polar surface area (TPSA) is 42.0 Å². The number of allylic oxidation sites excluding steroid dienone is 1. The van der Waals surface area contributed by atoms with E-state index in [1.54, 1.807) is 11.3 Å². The van der Waals surface area contributed by atoms with E-state index in [4.69, 9.17) is 0 Å². The van der Waals surface area contributed by atoms with Crippen LogP contribution in [0.5, 0.6) is 0 Å². The number of aromatic nitrogens is 1. The molecule has 0 saturated carbocycles. The van der Waals surface area contributed by atoms with E-state index in [1.165, 1.54) is 16.0 Å². The van der Waals surface area contributed by atoms with Crippen LogP contribution in [-0.2, 0) is 4.79 Å². The fourth-order valence-electron chi connectivity index (χ4n) is 4.96. The van der Waals surface area contributed by atoms with Crippen molar-refractivity contribution >= 4 is 39.3 Å². The molecule has 1 aliphatic carbocycles. The van der Waals surface area contributed by atoms with Crippen LogP contribution in [0, 0.1) is 0 Å². The van der Waals surface area contributed by atoms with Gasteiger partial charge in [0.05, 0.1) is 11.6 Å². The summed E-state index contributed by atoms with van der Waals surface area (Å²) < 4.78 is 0. The molecule has 2 aliphatic rings. The number of nitrogens with zero attached hydrogens (tertiary/aromatic N) is 1. The summed E-state index contributed by atoms with van der Waals surface area (Å²) in [5, 5.41) is 6.87. The van der Waals surface area contributed by atoms with E-state index >= 15 is 0 Å². The summed E-state index contributed by atoms with van der Waals surface area (Å²) in [4.78, 5) is 19.3. The molecule has 1 N–H and O–H groups in total. The molecule has 0 amide bonds. The van der Waals surface area contributed by atoms with E-state index in [2.05, 4.69) is 70.3 Å². The molecule has 4 aromatic rings. The van der Waals surface area contributed by atoms with Crippen molar-refractivity contribution in [1.29, 1.82) is 0 Å². The average Bonchev–Trinajstić information content (AvgIpc) is 3.33. The van der Waals surface area contributed by atoms with E-state index in [0.717, 1.165) is 34.1 Å². The SMILES string of the molecule is O=C1C[C@H](c2ccccc2)CC2=C1[C@H](c1cccs1)Nc1ccc3ncccc3c12. The van der Waals surface area contributed by atoms with E-state index in [-0.39, 0.29) is 17.7 Å². The molecule has 0 radical (unpaired) electrons. The first-order chi connectivity index (χ1) is 14.8. The van der Waals surface area contributed by atoms with Crippen LogP contribution in [-0.4, -0.2) is 10.8 Å². The Morgan fingerprint density at radius 1 is 0.933 bits per heavy atom. The lowest BCUT2D eigenvalue weighted by atomic mass is 9.72. The van der Waals surface area contributed by atoms with Gasteiger partial charge in [-0.3, -0.25) is 9.78 Å². The van der Waals surface area contributed by atoms with Crippen LogP contribution in [0.25, 0.3) is 16.5 Å². The van der Waals surface area contributed by atoms with Crippen molar-refractivity contribution in [2.45, 2.75) is 24.8 Å². The van der Waals surface area contributed by atoms with Gasteiger partial charge in [-0.1, -0.05) is 42.5 Å². The van der Waals surface area contributed by atoms with Gasteiger partial charge in [0.25, 0.3) is 0 Å². The summed E-state index contributed by atoms with van der Waals surface area (Å²) in [6.07, 6.45) is 3.26. The third-order valence-corrected chi connectivity index (χ3v) is 7.22. The molecule has 2 aromatic carbocycles. The number of carbonyl (C=O) groups is 1. The maximum absolute atomic E-state index is 13.6. The highest BCUT2D eigenvalue weighted by Crippen LogP contribution is 2.51. The Hall–Kier alpha value is -3.24. The summed E-state index contributed by atoms with van der Waals surface area (Å²) in [6.45, 7) is 0. The van der Waals surface area contributed by atoms with Crippen molar-refractivity contribution in [3.8, 4) is 0 Å². The Morgan fingerprint density at radius 3 is 2.67 bits per heavy atom. The first-order valence-electron chi connectivity index (χ1n) is 10.3. The van der Waals surface area contributed by atoms with Crippen molar-refractivity contribution < 1.29 is 4.79 Å². The van der Waals surface area contributed by atoms with Crippen molar-refractivity contribution in [3.63, 3.8) is 0 Å². The largest absolute Gasteiger partial charge is 0.373 e. The minimum absolute atomic E-state index is 0.0779. The van der Waals surface area contributed by atoms with Crippen LogP contribution in [0.4, 0.5) is 5.69 Å². The number of nitrogens with one attached hydrogen (secondary N) is 1. The highest BCUT2D eigenvalue weighted by atomic mass is 32.1. The van der Waals surface area contributed by atoms with Crippen LogP contribution in [0.1, 0.15) is 40.8 Å². The number of anilines is 1. The monoisotopic (exact) mass is 408 g/mol. The van der Waals surface area contributed by atoms with E-state index in [1.807, 2.05) is 18.3 Å². The Kier molecular flexibility index (Phi) is 4.06. The molecule has 0 fully saturated rings. The van der Waals surface area contributed by atoms with Gasteiger partial charge in [0.15, 0.2) is 5.78 Å². The van der Waals surface area contributed by atoms with Crippen LogP contribution in [0.15, 0.2) is 83.9 Å². The molecule has 6 rings (SSSR count). The van der Waals surface area contributed by atoms with Gasteiger partial charge in [-0.2, -0.15) is 0 Å². The Balaban J connectivity index is 1.59. The fourth-order valence-corrected chi connectivity index (χ4v) is 5.74. The third-order valence-electron chi connectivity index (χ3n) is 6.28. The molecule has 0 unspecified atom stereocenters. The van der Waals surface area contributed by atoms with Crippen LogP contribution < -0.4 is 5.32 Å². The number of pyridine rings is 1. The fraction of sp³-hybridized carbons (Fsp3) is 0.154. The lowest BCUT2D eigenvalue weighted by Gasteiger charge is -2.37. The molecule has 0 spiro atoms. The Labute approximate surface area is 179 Å². The predicted molar refractivity (Wildman–Crippen MR) is 123 cm³/mol.